The normalized spacial score (nSPS) is 15.1. The third kappa shape index (κ3) is 7.33. The number of carbonyl (C=O) groups is 1. The van der Waals surface area contributed by atoms with Crippen LogP contribution < -0.4 is 0 Å². The summed E-state index contributed by atoms with van der Waals surface area (Å²) >= 11 is 0. The van der Waals surface area contributed by atoms with Crippen LogP contribution in [0.4, 0.5) is 0 Å². The van der Waals surface area contributed by atoms with Gasteiger partial charge in [-0.1, -0.05) is 6.92 Å². The summed E-state index contributed by atoms with van der Waals surface area (Å²) in [6.45, 7) is 7.16. The van der Waals surface area contributed by atoms with E-state index >= 15 is 0 Å². The van der Waals surface area contributed by atoms with Crippen LogP contribution in [-0.4, -0.2) is 48.3 Å². The first-order valence-electron chi connectivity index (χ1n) is 5.48. The van der Waals surface area contributed by atoms with E-state index < -0.39 is 5.60 Å². The summed E-state index contributed by atoms with van der Waals surface area (Å²) in [6, 6.07) is 0. The molecule has 4 nitrogen and oxygen atoms in total. The van der Waals surface area contributed by atoms with Crippen molar-refractivity contribution >= 4 is 5.97 Å². The molecule has 0 radical (unpaired) electrons. The second kappa shape index (κ2) is 6.80. The second-order valence-corrected chi connectivity index (χ2v) is 4.14. The SMILES string of the molecule is CCOC(=O)CCN(C)CC(C)(O)CC. The molecule has 1 N–H and O–H groups in total. The zero-order chi connectivity index (χ0) is 11.9. The molecule has 1 atom stereocenters. The topological polar surface area (TPSA) is 49.8 Å². The van der Waals surface area contributed by atoms with Crippen molar-refractivity contribution in [2.45, 2.75) is 39.2 Å². The molecule has 0 heterocycles. The van der Waals surface area contributed by atoms with E-state index in [9.17, 15) is 9.90 Å². The third-order valence-corrected chi connectivity index (χ3v) is 2.38. The van der Waals surface area contributed by atoms with Crippen molar-refractivity contribution in [3.8, 4) is 0 Å². The van der Waals surface area contributed by atoms with Gasteiger partial charge >= 0.3 is 5.97 Å². The third-order valence-electron chi connectivity index (χ3n) is 2.38. The number of esters is 1. The molecular weight excluding hydrogens is 194 g/mol. The fourth-order valence-electron chi connectivity index (χ4n) is 1.29. The van der Waals surface area contributed by atoms with Crippen LogP contribution in [0.3, 0.4) is 0 Å². The fraction of sp³-hybridized carbons (Fsp3) is 0.909. The van der Waals surface area contributed by atoms with Crippen molar-refractivity contribution in [2.24, 2.45) is 0 Å². The molecule has 0 aromatic heterocycles. The predicted octanol–water partition coefficient (Wildman–Crippen LogP) is 1.03. The van der Waals surface area contributed by atoms with Gasteiger partial charge in [0.2, 0.25) is 0 Å². The monoisotopic (exact) mass is 217 g/mol. The van der Waals surface area contributed by atoms with Gasteiger partial charge in [-0.15, -0.1) is 0 Å². The molecule has 0 bridgehead atoms. The summed E-state index contributed by atoms with van der Waals surface area (Å²) in [7, 11) is 1.89. The van der Waals surface area contributed by atoms with Crippen molar-refractivity contribution < 1.29 is 14.6 Å². The standard InChI is InChI=1S/C11H23NO3/c1-5-11(3,14)9-12(4)8-7-10(13)15-6-2/h14H,5-9H2,1-4H3. The van der Waals surface area contributed by atoms with Crippen molar-refractivity contribution in [3.63, 3.8) is 0 Å². The van der Waals surface area contributed by atoms with Gasteiger partial charge in [-0.05, 0) is 27.3 Å². The first-order chi connectivity index (χ1) is 6.91. The first-order valence-corrected chi connectivity index (χ1v) is 5.48. The van der Waals surface area contributed by atoms with E-state index in [-0.39, 0.29) is 5.97 Å². The van der Waals surface area contributed by atoms with Crippen molar-refractivity contribution in [1.29, 1.82) is 0 Å². The molecule has 0 aromatic carbocycles. The van der Waals surface area contributed by atoms with E-state index in [0.717, 1.165) is 0 Å². The molecular formula is C11H23NO3. The molecule has 0 aliphatic carbocycles. The van der Waals surface area contributed by atoms with Gasteiger partial charge in [-0.25, -0.2) is 0 Å². The van der Waals surface area contributed by atoms with Gasteiger partial charge in [0.25, 0.3) is 0 Å². The lowest BCUT2D eigenvalue weighted by Crippen LogP contribution is -2.39. The quantitative estimate of drug-likeness (QED) is 0.647. The molecule has 4 heteroatoms. The predicted molar refractivity (Wildman–Crippen MR) is 59.7 cm³/mol. The first kappa shape index (κ1) is 14.4. The van der Waals surface area contributed by atoms with E-state index in [0.29, 0.717) is 32.5 Å². The summed E-state index contributed by atoms with van der Waals surface area (Å²) in [5.41, 5.74) is -0.677. The van der Waals surface area contributed by atoms with Crippen LogP contribution in [0.1, 0.15) is 33.6 Å². The minimum atomic E-state index is -0.677. The fourth-order valence-corrected chi connectivity index (χ4v) is 1.29. The Morgan fingerprint density at radius 3 is 2.53 bits per heavy atom. The molecule has 0 saturated carbocycles. The average molecular weight is 217 g/mol. The minimum absolute atomic E-state index is 0.180. The number of carbonyl (C=O) groups excluding carboxylic acids is 1. The molecule has 15 heavy (non-hydrogen) atoms. The van der Waals surface area contributed by atoms with Crippen LogP contribution in [0.5, 0.6) is 0 Å². The summed E-state index contributed by atoms with van der Waals surface area (Å²) in [4.78, 5) is 13.0. The Morgan fingerprint density at radius 1 is 1.47 bits per heavy atom. The van der Waals surface area contributed by atoms with Crippen LogP contribution in [0.2, 0.25) is 0 Å². The Hall–Kier alpha value is -0.610. The Labute approximate surface area is 92.2 Å². The van der Waals surface area contributed by atoms with Gasteiger partial charge in [0.05, 0.1) is 18.6 Å². The highest BCUT2D eigenvalue weighted by Crippen LogP contribution is 2.09. The van der Waals surface area contributed by atoms with Crippen LogP contribution in [0, 0.1) is 0 Å². The number of rotatable bonds is 7. The molecule has 0 aromatic rings. The lowest BCUT2D eigenvalue weighted by molar-refractivity contribution is -0.143. The van der Waals surface area contributed by atoms with Gasteiger partial charge in [-0.3, -0.25) is 4.79 Å². The Morgan fingerprint density at radius 2 is 2.07 bits per heavy atom. The van der Waals surface area contributed by atoms with E-state index in [2.05, 4.69) is 0 Å². The molecule has 0 amide bonds. The van der Waals surface area contributed by atoms with E-state index in [1.54, 1.807) is 13.8 Å². The number of nitrogens with zero attached hydrogens (tertiary/aromatic N) is 1. The number of likely N-dealkylation sites (N-methyl/N-ethyl adjacent to an activating group) is 1. The second-order valence-electron chi connectivity index (χ2n) is 4.14. The Balaban J connectivity index is 3.75. The van der Waals surface area contributed by atoms with Crippen LogP contribution in [-0.2, 0) is 9.53 Å². The van der Waals surface area contributed by atoms with Crippen LogP contribution >= 0.6 is 0 Å². The molecule has 0 aliphatic heterocycles. The van der Waals surface area contributed by atoms with Gasteiger partial charge in [-0.2, -0.15) is 0 Å². The molecule has 0 rings (SSSR count). The highest BCUT2D eigenvalue weighted by molar-refractivity contribution is 5.69. The Kier molecular flexibility index (Phi) is 6.52. The van der Waals surface area contributed by atoms with E-state index in [1.807, 2.05) is 18.9 Å². The molecule has 0 aliphatic rings. The van der Waals surface area contributed by atoms with Gasteiger partial charge in [0.1, 0.15) is 0 Å². The molecule has 90 valence electrons. The molecule has 0 fully saturated rings. The molecule has 0 spiro atoms. The average Bonchev–Trinajstić information content (AvgIpc) is 2.15. The van der Waals surface area contributed by atoms with Crippen molar-refractivity contribution in [1.82, 2.24) is 4.90 Å². The number of hydrogen-bond acceptors (Lipinski definition) is 4. The highest BCUT2D eigenvalue weighted by atomic mass is 16.5. The maximum atomic E-state index is 11.1. The lowest BCUT2D eigenvalue weighted by Gasteiger charge is -2.27. The van der Waals surface area contributed by atoms with Crippen molar-refractivity contribution in [3.05, 3.63) is 0 Å². The highest BCUT2D eigenvalue weighted by Gasteiger charge is 2.19. The molecule has 1 unspecified atom stereocenters. The van der Waals surface area contributed by atoms with E-state index in [1.165, 1.54) is 0 Å². The smallest absolute Gasteiger partial charge is 0.307 e. The summed E-state index contributed by atoms with van der Waals surface area (Å²) < 4.78 is 4.82. The zero-order valence-electron chi connectivity index (χ0n) is 10.2. The molecule has 0 saturated heterocycles. The number of aliphatic hydroxyl groups is 1. The van der Waals surface area contributed by atoms with Crippen molar-refractivity contribution in [2.75, 3.05) is 26.7 Å². The Bertz CT molecular complexity index is 192. The number of hydrogen-bond donors (Lipinski definition) is 1. The van der Waals surface area contributed by atoms with Gasteiger partial charge < -0.3 is 14.7 Å². The largest absolute Gasteiger partial charge is 0.466 e. The minimum Gasteiger partial charge on any atom is -0.466 e. The summed E-state index contributed by atoms with van der Waals surface area (Å²) in [5, 5.41) is 9.80. The van der Waals surface area contributed by atoms with Crippen LogP contribution in [0.25, 0.3) is 0 Å². The lowest BCUT2D eigenvalue weighted by atomic mass is 10.0. The zero-order valence-corrected chi connectivity index (χ0v) is 10.2. The van der Waals surface area contributed by atoms with Crippen LogP contribution in [0.15, 0.2) is 0 Å². The maximum Gasteiger partial charge on any atom is 0.307 e. The van der Waals surface area contributed by atoms with E-state index in [4.69, 9.17) is 4.74 Å². The van der Waals surface area contributed by atoms with Gasteiger partial charge in [0, 0.05) is 13.1 Å². The van der Waals surface area contributed by atoms with Gasteiger partial charge in [0.15, 0.2) is 0 Å². The summed E-state index contributed by atoms with van der Waals surface area (Å²) in [6.07, 6.45) is 1.08. The summed E-state index contributed by atoms with van der Waals surface area (Å²) in [5.74, 6) is -0.180. The number of ether oxygens (including phenoxy) is 1. The maximum absolute atomic E-state index is 11.1.